The van der Waals surface area contributed by atoms with Gasteiger partial charge >= 0.3 is 0 Å². The second-order valence-electron chi connectivity index (χ2n) is 1.71. The van der Waals surface area contributed by atoms with Crippen LogP contribution in [0.25, 0.3) is 0 Å². The topological polar surface area (TPSA) is 34.7 Å². The summed E-state index contributed by atoms with van der Waals surface area (Å²) in [4.78, 5) is 4.73. The zero-order valence-electron chi connectivity index (χ0n) is 5.78. The third kappa shape index (κ3) is 1.93. The van der Waals surface area contributed by atoms with Crippen molar-refractivity contribution in [3.8, 4) is 0 Å². The molecule has 1 aromatic heterocycles. The van der Waals surface area contributed by atoms with Crippen LogP contribution in [0.4, 0.5) is 0 Å². The Bertz CT molecular complexity index is 191. The van der Waals surface area contributed by atoms with E-state index in [1.807, 2.05) is 13.0 Å². The molecule has 0 aliphatic rings. The van der Waals surface area contributed by atoms with Crippen molar-refractivity contribution in [3.05, 3.63) is 24.2 Å². The second-order valence-corrected chi connectivity index (χ2v) is 1.71. The van der Waals surface area contributed by atoms with Crippen molar-refractivity contribution >= 4 is 6.21 Å². The van der Waals surface area contributed by atoms with E-state index in [1.54, 1.807) is 18.7 Å². The van der Waals surface area contributed by atoms with Gasteiger partial charge in [-0.2, -0.15) is 0 Å². The molecule has 0 atom stereocenters. The molecule has 0 aliphatic heterocycles. The highest BCUT2D eigenvalue weighted by atomic mass is 16.6. The van der Waals surface area contributed by atoms with Crippen molar-refractivity contribution in [2.24, 2.45) is 5.16 Å². The summed E-state index contributed by atoms with van der Waals surface area (Å²) in [6.07, 6.45) is 4.79. The largest absolute Gasteiger partial charge is 0.472 e. The van der Waals surface area contributed by atoms with Crippen molar-refractivity contribution in [1.82, 2.24) is 0 Å². The molecular weight excluding hydrogens is 130 g/mol. The number of hydrogen-bond acceptors (Lipinski definition) is 3. The van der Waals surface area contributed by atoms with Gasteiger partial charge in [0, 0.05) is 5.56 Å². The maximum Gasteiger partial charge on any atom is 0.114 e. The van der Waals surface area contributed by atoms with E-state index < -0.39 is 0 Å². The zero-order chi connectivity index (χ0) is 7.23. The highest BCUT2D eigenvalue weighted by Crippen LogP contribution is 1.94. The smallest absolute Gasteiger partial charge is 0.114 e. The van der Waals surface area contributed by atoms with Crippen LogP contribution in [-0.4, -0.2) is 12.8 Å². The Labute approximate surface area is 59.3 Å². The van der Waals surface area contributed by atoms with E-state index in [2.05, 4.69) is 5.16 Å². The minimum atomic E-state index is 0.592. The normalized spacial score (nSPS) is 10.5. The van der Waals surface area contributed by atoms with E-state index in [0.29, 0.717) is 6.61 Å². The first-order chi connectivity index (χ1) is 4.93. The van der Waals surface area contributed by atoms with Crippen molar-refractivity contribution in [2.75, 3.05) is 6.61 Å². The van der Waals surface area contributed by atoms with Crippen LogP contribution in [0.5, 0.6) is 0 Å². The standard InChI is InChI=1S/C7H9NO2/c1-2-10-8-5-7-3-4-9-6-7/h3-6H,2H2,1H3. The molecule has 0 saturated heterocycles. The second kappa shape index (κ2) is 3.71. The van der Waals surface area contributed by atoms with Crippen molar-refractivity contribution < 1.29 is 9.25 Å². The van der Waals surface area contributed by atoms with Gasteiger partial charge in [0.05, 0.1) is 18.7 Å². The van der Waals surface area contributed by atoms with Crippen molar-refractivity contribution in [2.45, 2.75) is 6.92 Å². The summed E-state index contributed by atoms with van der Waals surface area (Å²) in [5, 5.41) is 3.65. The third-order valence-corrected chi connectivity index (χ3v) is 0.949. The van der Waals surface area contributed by atoms with E-state index in [9.17, 15) is 0 Å². The summed E-state index contributed by atoms with van der Waals surface area (Å²) in [5.74, 6) is 0. The van der Waals surface area contributed by atoms with E-state index in [4.69, 9.17) is 9.25 Å². The molecule has 0 bridgehead atoms. The molecule has 54 valence electrons. The summed E-state index contributed by atoms with van der Waals surface area (Å²) in [6, 6.07) is 1.81. The molecule has 0 aliphatic carbocycles. The Morgan fingerprint density at radius 3 is 3.30 bits per heavy atom. The van der Waals surface area contributed by atoms with Crippen LogP contribution >= 0.6 is 0 Å². The zero-order valence-corrected chi connectivity index (χ0v) is 5.78. The van der Waals surface area contributed by atoms with E-state index in [1.165, 1.54) is 0 Å². The minimum absolute atomic E-state index is 0.592. The van der Waals surface area contributed by atoms with Crippen LogP contribution in [-0.2, 0) is 4.84 Å². The molecular formula is C7H9NO2. The van der Waals surface area contributed by atoms with Crippen LogP contribution in [0.3, 0.4) is 0 Å². The molecule has 0 spiro atoms. The molecule has 0 fully saturated rings. The molecule has 0 radical (unpaired) electrons. The van der Waals surface area contributed by atoms with Crippen LogP contribution in [0.15, 0.2) is 28.2 Å². The molecule has 10 heavy (non-hydrogen) atoms. The predicted molar refractivity (Wildman–Crippen MR) is 37.9 cm³/mol. The Morgan fingerprint density at radius 2 is 2.70 bits per heavy atom. The fraction of sp³-hybridized carbons (Fsp3) is 0.286. The number of nitrogens with zero attached hydrogens (tertiary/aromatic N) is 1. The van der Waals surface area contributed by atoms with E-state index in [0.717, 1.165) is 5.56 Å². The highest BCUT2D eigenvalue weighted by Gasteiger charge is 1.85. The van der Waals surface area contributed by atoms with Gasteiger partial charge in [-0.15, -0.1) is 0 Å². The molecule has 0 N–H and O–H groups in total. The lowest BCUT2D eigenvalue weighted by atomic mass is 10.4. The van der Waals surface area contributed by atoms with E-state index >= 15 is 0 Å². The Kier molecular flexibility index (Phi) is 2.55. The van der Waals surface area contributed by atoms with Gasteiger partial charge < -0.3 is 9.25 Å². The quantitative estimate of drug-likeness (QED) is 0.471. The first-order valence-corrected chi connectivity index (χ1v) is 3.11. The molecule has 1 rings (SSSR count). The van der Waals surface area contributed by atoms with Gasteiger partial charge in [0.2, 0.25) is 0 Å². The first kappa shape index (κ1) is 6.86. The van der Waals surface area contributed by atoms with Gasteiger partial charge in [-0.25, -0.2) is 0 Å². The van der Waals surface area contributed by atoms with Crippen LogP contribution < -0.4 is 0 Å². The third-order valence-electron chi connectivity index (χ3n) is 0.949. The molecule has 0 aromatic carbocycles. The Balaban J connectivity index is 2.40. The maximum atomic E-state index is 4.80. The molecule has 0 saturated carbocycles. The fourth-order valence-electron chi connectivity index (χ4n) is 0.521. The predicted octanol–water partition coefficient (Wildman–Crippen LogP) is 1.65. The van der Waals surface area contributed by atoms with Gasteiger partial charge in [-0.3, -0.25) is 0 Å². The van der Waals surface area contributed by atoms with Gasteiger partial charge in [-0.1, -0.05) is 5.16 Å². The van der Waals surface area contributed by atoms with E-state index in [-0.39, 0.29) is 0 Å². The van der Waals surface area contributed by atoms with Gasteiger partial charge in [-0.05, 0) is 13.0 Å². The first-order valence-electron chi connectivity index (χ1n) is 3.11. The number of hydrogen-bond donors (Lipinski definition) is 0. The SMILES string of the molecule is CCON=Cc1ccoc1. The summed E-state index contributed by atoms with van der Waals surface area (Å²) in [5.41, 5.74) is 0.911. The molecule has 1 heterocycles. The molecule has 1 aromatic rings. The van der Waals surface area contributed by atoms with Crippen molar-refractivity contribution in [1.29, 1.82) is 0 Å². The molecule has 3 nitrogen and oxygen atoms in total. The summed E-state index contributed by atoms with van der Waals surface area (Å²) >= 11 is 0. The number of furan rings is 1. The average molecular weight is 139 g/mol. The lowest BCUT2D eigenvalue weighted by molar-refractivity contribution is 0.160. The monoisotopic (exact) mass is 139 g/mol. The summed E-state index contributed by atoms with van der Waals surface area (Å²) < 4.78 is 4.80. The van der Waals surface area contributed by atoms with Crippen LogP contribution in [0.2, 0.25) is 0 Å². The molecule has 0 unspecified atom stereocenters. The minimum Gasteiger partial charge on any atom is -0.472 e. The highest BCUT2D eigenvalue weighted by molar-refractivity contribution is 5.78. The number of oxime groups is 1. The van der Waals surface area contributed by atoms with Crippen molar-refractivity contribution in [3.63, 3.8) is 0 Å². The molecule has 0 amide bonds. The van der Waals surface area contributed by atoms with Crippen LogP contribution in [0, 0.1) is 0 Å². The average Bonchev–Trinajstić information content (AvgIpc) is 2.41. The van der Waals surface area contributed by atoms with Gasteiger partial charge in [0.1, 0.15) is 6.61 Å². The molecule has 3 heteroatoms. The lowest BCUT2D eigenvalue weighted by Crippen LogP contribution is -1.80. The summed E-state index contributed by atoms with van der Waals surface area (Å²) in [7, 11) is 0. The van der Waals surface area contributed by atoms with Crippen LogP contribution in [0.1, 0.15) is 12.5 Å². The van der Waals surface area contributed by atoms with Gasteiger partial charge in [0.15, 0.2) is 0 Å². The fourth-order valence-corrected chi connectivity index (χ4v) is 0.521. The lowest BCUT2D eigenvalue weighted by Gasteiger charge is -1.87. The maximum absolute atomic E-state index is 4.80. The Morgan fingerprint density at radius 1 is 1.80 bits per heavy atom. The Hall–Kier alpha value is -1.25. The summed E-state index contributed by atoms with van der Waals surface area (Å²) in [6.45, 7) is 2.47. The van der Waals surface area contributed by atoms with Gasteiger partial charge in [0.25, 0.3) is 0 Å². The number of rotatable bonds is 3.